The molecule has 9 heteroatoms. The number of carbonyl (C=O) groups is 1. The molecule has 3 aromatic rings. The number of thiazole rings is 1. The summed E-state index contributed by atoms with van der Waals surface area (Å²) in [5.41, 5.74) is 2.89. The van der Waals surface area contributed by atoms with E-state index in [4.69, 9.17) is 4.74 Å². The Morgan fingerprint density at radius 3 is 2.76 bits per heavy atom. The molecule has 2 fully saturated rings. The van der Waals surface area contributed by atoms with E-state index >= 15 is 8.78 Å². The number of hydrogen-bond acceptors (Lipinski definition) is 7. The zero-order chi connectivity index (χ0) is 26.2. The monoisotopic (exact) mass is 520 g/mol. The number of cyclic esters (lactones) is 1. The first kappa shape index (κ1) is 25.2. The highest BCUT2D eigenvalue weighted by molar-refractivity contribution is 7.09. The molecule has 1 saturated heterocycles. The predicted molar refractivity (Wildman–Crippen MR) is 136 cm³/mol. The van der Waals surface area contributed by atoms with E-state index in [1.807, 2.05) is 18.2 Å². The number of nitrogens with one attached hydrogen (secondary N) is 1. The zero-order valence-electron chi connectivity index (χ0n) is 20.4. The summed E-state index contributed by atoms with van der Waals surface area (Å²) >= 11 is 1.40. The first-order valence-corrected chi connectivity index (χ1v) is 13.0. The predicted octanol–water partition coefficient (Wildman–Crippen LogP) is 5.47. The van der Waals surface area contributed by atoms with Gasteiger partial charge in [-0.15, -0.1) is 11.3 Å². The van der Waals surface area contributed by atoms with E-state index in [9.17, 15) is 10.1 Å². The van der Waals surface area contributed by atoms with Gasteiger partial charge in [-0.2, -0.15) is 5.26 Å². The minimum atomic E-state index is -3.08. The van der Waals surface area contributed by atoms with E-state index in [-0.39, 0.29) is 6.54 Å². The number of esters is 1. The second kappa shape index (κ2) is 9.77. The van der Waals surface area contributed by atoms with Gasteiger partial charge >= 0.3 is 5.97 Å². The smallest absolute Gasteiger partial charge is 0.327 e. The van der Waals surface area contributed by atoms with Crippen molar-refractivity contribution in [2.75, 3.05) is 0 Å². The number of nitrogens with zero attached hydrogens (tertiary/aromatic N) is 3. The number of alkyl halides is 2. The van der Waals surface area contributed by atoms with Crippen LogP contribution in [0.3, 0.4) is 0 Å². The molecule has 6 nitrogen and oxygen atoms in total. The molecule has 0 bridgehead atoms. The van der Waals surface area contributed by atoms with Crippen molar-refractivity contribution >= 4 is 23.4 Å². The van der Waals surface area contributed by atoms with Gasteiger partial charge in [0.05, 0.1) is 22.8 Å². The summed E-state index contributed by atoms with van der Waals surface area (Å²) in [6, 6.07) is 13.1. The molecule has 1 aliphatic heterocycles. The Hall–Kier alpha value is -3.48. The average molecular weight is 521 g/mol. The molecule has 2 aliphatic rings. The molecule has 3 heterocycles. The summed E-state index contributed by atoms with van der Waals surface area (Å²) in [6.45, 7) is 3.57. The normalized spacial score (nSPS) is 28.6. The molecule has 5 rings (SSSR count). The van der Waals surface area contributed by atoms with Crippen molar-refractivity contribution < 1.29 is 18.3 Å². The average Bonchev–Trinajstić information content (AvgIpc) is 3.49. The van der Waals surface area contributed by atoms with Gasteiger partial charge in [-0.05, 0) is 31.1 Å². The summed E-state index contributed by atoms with van der Waals surface area (Å²) in [5, 5.41) is 12.5. The van der Waals surface area contributed by atoms with Crippen LogP contribution in [0.1, 0.15) is 36.4 Å². The Morgan fingerprint density at radius 1 is 1.24 bits per heavy atom. The van der Waals surface area contributed by atoms with Gasteiger partial charge in [0.1, 0.15) is 11.6 Å². The van der Waals surface area contributed by atoms with Gasteiger partial charge in [0.25, 0.3) is 5.92 Å². The summed E-state index contributed by atoms with van der Waals surface area (Å²) in [4.78, 5) is 22.4. The fraction of sp³-hybridized carbons (Fsp3) is 0.357. The van der Waals surface area contributed by atoms with Gasteiger partial charge in [-0.25, -0.2) is 8.78 Å². The number of hydrogen-bond donors (Lipinski definition) is 1. The summed E-state index contributed by atoms with van der Waals surface area (Å²) in [5.74, 6) is -5.79. The number of pyridine rings is 1. The number of carbonyl (C=O) groups excluding carboxylic acids is 1. The molecular formula is C28H26F2N4O2S. The van der Waals surface area contributed by atoms with Crippen LogP contribution in [0.5, 0.6) is 0 Å². The van der Waals surface area contributed by atoms with E-state index in [0.717, 1.165) is 16.0 Å². The van der Waals surface area contributed by atoms with Crippen LogP contribution in [0.2, 0.25) is 0 Å². The van der Waals surface area contributed by atoms with Crippen molar-refractivity contribution in [2.45, 2.75) is 44.4 Å². The van der Waals surface area contributed by atoms with Crippen LogP contribution in [-0.2, 0) is 16.1 Å². The minimum absolute atomic E-state index is 0.261. The highest BCUT2D eigenvalue weighted by Crippen LogP contribution is 2.55. The van der Waals surface area contributed by atoms with Gasteiger partial charge in [0.2, 0.25) is 0 Å². The number of rotatable bonds is 6. The number of fused-ring (bicyclic) bond motifs is 1. The van der Waals surface area contributed by atoms with E-state index in [2.05, 4.69) is 21.4 Å². The van der Waals surface area contributed by atoms with E-state index in [1.165, 1.54) is 18.3 Å². The molecule has 1 saturated carbocycles. The Bertz CT molecular complexity index is 1350. The lowest BCUT2D eigenvalue weighted by Crippen LogP contribution is -2.64. The van der Waals surface area contributed by atoms with Gasteiger partial charge < -0.3 is 4.74 Å². The Labute approximate surface area is 218 Å². The van der Waals surface area contributed by atoms with Crippen molar-refractivity contribution in [3.8, 4) is 17.2 Å². The van der Waals surface area contributed by atoms with E-state index in [0.29, 0.717) is 11.3 Å². The topological polar surface area (TPSA) is 87.9 Å². The standard InChI is InChI=1S/C28H26F2N4O2S/c1-17-23(10-9-21-8-7-20(12-33-21)24-6-4-3-5-19(24)11-31)25-18(2)36-26(35)27(25,15-28(17,29)30)34-14-22-13-32-16-37-22/h3-10,12-13,16-18,23,25,34H,14-15H2,1-2H3/b10-9+/t17-,18+,23-,25-,27-/m0/s1. The molecule has 0 radical (unpaired) electrons. The van der Waals surface area contributed by atoms with Crippen LogP contribution in [0.25, 0.3) is 17.2 Å². The summed E-state index contributed by atoms with van der Waals surface area (Å²) in [7, 11) is 0. The lowest BCUT2D eigenvalue weighted by atomic mass is 9.60. The third-order valence-electron chi connectivity index (χ3n) is 7.60. The SMILES string of the molecule is C[C@H]1OC(=O)[C@]2(NCc3cncs3)CC(F)(F)[C@@H](C)[C@H](/C=C/c3ccc(-c4ccccc4C#N)cn3)[C@H]12. The Morgan fingerprint density at radius 2 is 2.05 bits per heavy atom. The number of nitriles is 1. The van der Waals surface area contributed by atoms with Gasteiger partial charge in [-0.3, -0.25) is 20.1 Å². The van der Waals surface area contributed by atoms with Gasteiger partial charge in [-0.1, -0.05) is 37.3 Å². The molecule has 0 amide bonds. The maximum atomic E-state index is 15.4. The molecule has 1 N–H and O–H groups in total. The first-order chi connectivity index (χ1) is 17.7. The quantitative estimate of drug-likeness (QED) is 0.434. The third kappa shape index (κ3) is 4.56. The molecule has 190 valence electrons. The molecule has 1 aliphatic carbocycles. The van der Waals surface area contributed by atoms with Crippen LogP contribution < -0.4 is 5.32 Å². The lowest BCUT2D eigenvalue weighted by molar-refractivity contribution is -0.160. The largest absolute Gasteiger partial charge is 0.461 e. The van der Waals surface area contributed by atoms with Crippen LogP contribution in [-0.4, -0.2) is 33.5 Å². The fourth-order valence-electron chi connectivity index (χ4n) is 5.66. The van der Waals surface area contributed by atoms with Crippen LogP contribution in [0.4, 0.5) is 8.78 Å². The van der Waals surface area contributed by atoms with E-state index < -0.39 is 47.7 Å². The second-order valence-corrected chi connectivity index (χ2v) is 10.7. The molecule has 5 atom stereocenters. The Balaban J connectivity index is 1.44. The third-order valence-corrected chi connectivity index (χ3v) is 8.38. The lowest BCUT2D eigenvalue weighted by Gasteiger charge is -2.48. The maximum absolute atomic E-state index is 15.4. The van der Waals surface area contributed by atoms with Crippen LogP contribution in [0, 0.1) is 29.1 Å². The molecule has 1 aromatic carbocycles. The number of halogens is 2. The highest BCUT2D eigenvalue weighted by atomic mass is 32.1. The fourth-order valence-corrected chi connectivity index (χ4v) is 6.19. The van der Waals surface area contributed by atoms with Crippen molar-refractivity contribution in [3.63, 3.8) is 0 Å². The molecule has 0 spiro atoms. The van der Waals surface area contributed by atoms with Crippen molar-refractivity contribution in [1.82, 2.24) is 15.3 Å². The zero-order valence-corrected chi connectivity index (χ0v) is 21.2. The first-order valence-electron chi connectivity index (χ1n) is 12.1. The minimum Gasteiger partial charge on any atom is -0.461 e. The number of ether oxygens (including phenoxy) is 1. The van der Waals surface area contributed by atoms with Gasteiger partial charge in [0.15, 0.2) is 0 Å². The van der Waals surface area contributed by atoms with Crippen molar-refractivity contribution in [2.24, 2.45) is 17.8 Å². The number of aromatic nitrogens is 2. The van der Waals surface area contributed by atoms with Crippen molar-refractivity contribution in [3.05, 3.63) is 76.5 Å². The van der Waals surface area contributed by atoms with Gasteiger partial charge in [0, 0.05) is 53.2 Å². The summed E-state index contributed by atoms with van der Waals surface area (Å²) < 4.78 is 36.4. The number of benzene rings is 1. The Kier molecular flexibility index (Phi) is 6.65. The van der Waals surface area contributed by atoms with Crippen molar-refractivity contribution in [1.29, 1.82) is 5.26 Å². The van der Waals surface area contributed by atoms with Crippen LogP contribution in [0.15, 0.2) is 60.4 Å². The second-order valence-electron chi connectivity index (χ2n) is 9.72. The molecule has 37 heavy (non-hydrogen) atoms. The van der Waals surface area contributed by atoms with Crippen LogP contribution >= 0.6 is 11.3 Å². The molecular weight excluding hydrogens is 494 g/mol. The summed E-state index contributed by atoms with van der Waals surface area (Å²) in [6.07, 6.45) is 5.68. The maximum Gasteiger partial charge on any atom is 0.327 e. The number of allylic oxidation sites excluding steroid dienone is 1. The molecule has 2 aromatic heterocycles. The molecule has 0 unspecified atom stereocenters. The highest BCUT2D eigenvalue weighted by Gasteiger charge is 2.67. The van der Waals surface area contributed by atoms with E-state index in [1.54, 1.807) is 55.2 Å².